The molecule has 0 bridgehead atoms. The van der Waals surface area contributed by atoms with Crippen LogP contribution in [0.5, 0.6) is 5.75 Å². The van der Waals surface area contributed by atoms with E-state index in [1.54, 1.807) is 30.3 Å². The predicted molar refractivity (Wildman–Crippen MR) is 85.9 cm³/mol. The highest BCUT2D eigenvalue weighted by Gasteiger charge is 2.24. The van der Waals surface area contributed by atoms with Crippen LogP contribution < -0.4 is 16.2 Å². The molecule has 22 heavy (non-hydrogen) atoms. The average Bonchev–Trinajstić information content (AvgIpc) is 2.54. The second-order valence-electron chi connectivity index (χ2n) is 4.50. The molecule has 5 N–H and O–H groups in total. The fourth-order valence-corrected chi connectivity index (χ4v) is 3.12. The van der Waals surface area contributed by atoms with Crippen LogP contribution in [0.3, 0.4) is 0 Å². The highest BCUT2D eigenvalue weighted by molar-refractivity contribution is 8.06. The number of hydrogen-bond donors (Lipinski definition) is 3. The minimum absolute atomic E-state index is 0.0488. The predicted octanol–water partition coefficient (Wildman–Crippen LogP) is 1.41. The van der Waals surface area contributed by atoms with Crippen molar-refractivity contribution in [3.63, 3.8) is 0 Å². The van der Waals surface area contributed by atoms with E-state index in [9.17, 15) is 8.42 Å². The van der Waals surface area contributed by atoms with Crippen molar-refractivity contribution in [1.82, 2.24) is 0 Å². The Morgan fingerprint density at radius 3 is 2.41 bits per heavy atom. The molecule has 0 heterocycles. The summed E-state index contributed by atoms with van der Waals surface area (Å²) in [6.07, 6.45) is 0. The minimum atomic E-state index is -3.93. The van der Waals surface area contributed by atoms with E-state index < -0.39 is 14.9 Å². The highest BCUT2D eigenvalue weighted by atomic mass is 32.2. The number of hydrogen-bond acceptors (Lipinski definition) is 6. The summed E-state index contributed by atoms with van der Waals surface area (Å²) in [6.45, 7) is 0.565. The fraction of sp³-hybridized carbons (Fsp3) is 0.133. The fourth-order valence-electron chi connectivity index (χ4n) is 1.90. The zero-order chi connectivity index (χ0) is 16.2. The van der Waals surface area contributed by atoms with Crippen molar-refractivity contribution in [1.29, 1.82) is 5.41 Å². The second kappa shape index (κ2) is 6.59. The summed E-state index contributed by atoms with van der Waals surface area (Å²) in [7, 11) is -3.93. The van der Waals surface area contributed by atoms with E-state index in [0.29, 0.717) is 12.3 Å². The Morgan fingerprint density at radius 1 is 1.09 bits per heavy atom. The van der Waals surface area contributed by atoms with E-state index in [1.807, 2.05) is 0 Å². The number of para-hydroxylation sites is 1. The molecule has 0 fully saturated rings. The molecular weight excluding hydrogens is 302 g/mol. The molecule has 0 atom stereocenters. The first kappa shape index (κ1) is 16.0. The zero-order valence-corrected chi connectivity index (χ0v) is 12.6. The van der Waals surface area contributed by atoms with Crippen molar-refractivity contribution in [2.24, 2.45) is 5.73 Å². The van der Waals surface area contributed by atoms with Gasteiger partial charge in [-0.25, -0.2) is 8.42 Å². The Balaban J connectivity index is 2.42. The number of rotatable bonds is 5. The van der Waals surface area contributed by atoms with Crippen molar-refractivity contribution >= 4 is 20.6 Å². The van der Waals surface area contributed by atoms with Crippen LogP contribution in [0, 0.1) is 5.41 Å². The van der Waals surface area contributed by atoms with Gasteiger partial charge in [-0.1, -0.05) is 24.3 Å². The summed E-state index contributed by atoms with van der Waals surface area (Å²) >= 11 is 0. The largest absolute Gasteiger partial charge is 0.490 e. The Kier molecular flexibility index (Phi) is 4.79. The number of ether oxygens (including phenoxy) is 1. The molecule has 0 radical (unpaired) electrons. The lowest BCUT2D eigenvalue weighted by Gasteiger charge is -2.13. The maximum atomic E-state index is 12.5. The molecule has 0 saturated heterocycles. The molecule has 0 spiro atoms. The van der Waals surface area contributed by atoms with Crippen LogP contribution in [0.1, 0.15) is 5.56 Å². The van der Waals surface area contributed by atoms with Crippen molar-refractivity contribution in [2.45, 2.75) is 4.90 Å². The van der Waals surface area contributed by atoms with Crippen LogP contribution in [-0.4, -0.2) is 26.6 Å². The maximum absolute atomic E-state index is 12.5. The molecule has 7 heteroatoms. The minimum Gasteiger partial charge on any atom is -0.490 e. The topological polar surface area (TPSA) is 119 Å². The number of anilines is 1. The number of nitrogen functional groups attached to an aromatic ring is 1. The lowest BCUT2D eigenvalue weighted by molar-refractivity contribution is 0.330. The van der Waals surface area contributed by atoms with Crippen LogP contribution >= 0.6 is 0 Å². The van der Waals surface area contributed by atoms with Gasteiger partial charge in [0.25, 0.3) is 0 Å². The molecule has 116 valence electrons. The van der Waals surface area contributed by atoms with Gasteiger partial charge in [-0.15, -0.1) is 0 Å². The monoisotopic (exact) mass is 319 g/mol. The number of nitrogens with two attached hydrogens (primary N) is 2. The molecule has 0 aliphatic rings. The average molecular weight is 319 g/mol. The third-order valence-electron chi connectivity index (χ3n) is 3.01. The van der Waals surface area contributed by atoms with E-state index in [1.165, 1.54) is 18.2 Å². The first-order chi connectivity index (χ1) is 10.5. The molecule has 6 nitrogen and oxygen atoms in total. The molecule has 0 aliphatic heterocycles. The molecule has 0 unspecified atom stereocenters. The quantitative estimate of drug-likeness (QED) is 0.437. The molecule has 0 aliphatic carbocycles. The van der Waals surface area contributed by atoms with Crippen LogP contribution in [0.25, 0.3) is 0 Å². The van der Waals surface area contributed by atoms with Gasteiger partial charge < -0.3 is 16.2 Å². The standard InChI is InChI=1S/C15H17N3O3S/c16-9-10-21-13-8-4-7-12(14(13)17)15(18)22(19,20)11-5-2-1-3-6-11/h1-8,18H,9-10,16-17H2. The van der Waals surface area contributed by atoms with Crippen molar-refractivity contribution in [3.05, 3.63) is 54.1 Å². The molecule has 2 aromatic carbocycles. The normalized spacial score (nSPS) is 11.1. The second-order valence-corrected chi connectivity index (χ2v) is 6.39. The Labute approximate surface area is 129 Å². The van der Waals surface area contributed by atoms with Gasteiger partial charge in [0.2, 0.25) is 9.84 Å². The number of benzene rings is 2. The van der Waals surface area contributed by atoms with Gasteiger partial charge in [-0.3, -0.25) is 5.41 Å². The van der Waals surface area contributed by atoms with E-state index in [2.05, 4.69) is 0 Å². The first-order valence-corrected chi connectivity index (χ1v) is 8.07. The zero-order valence-electron chi connectivity index (χ0n) is 11.8. The van der Waals surface area contributed by atoms with Crippen LogP contribution in [0.4, 0.5) is 5.69 Å². The molecule has 2 aromatic rings. The smallest absolute Gasteiger partial charge is 0.223 e. The van der Waals surface area contributed by atoms with E-state index in [0.717, 1.165) is 0 Å². The molecule has 0 amide bonds. The van der Waals surface area contributed by atoms with Gasteiger partial charge in [0.05, 0.1) is 10.6 Å². The van der Waals surface area contributed by atoms with Gasteiger partial charge in [0.1, 0.15) is 12.4 Å². The van der Waals surface area contributed by atoms with Crippen molar-refractivity contribution < 1.29 is 13.2 Å². The summed E-state index contributed by atoms with van der Waals surface area (Å²) in [6, 6.07) is 12.5. The SMILES string of the molecule is N=C(c1cccc(OCCN)c1N)S(=O)(=O)c1ccccc1. The Morgan fingerprint density at radius 2 is 1.77 bits per heavy atom. The van der Waals surface area contributed by atoms with E-state index in [4.69, 9.17) is 21.6 Å². The lowest BCUT2D eigenvalue weighted by Crippen LogP contribution is -2.18. The third kappa shape index (κ3) is 3.10. The van der Waals surface area contributed by atoms with Crippen molar-refractivity contribution in [2.75, 3.05) is 18.9 Å². The third-order valence-corrected chi connectivity index (χ3v) is 4.66. The van der Waals surface area contributed by atoms with Gasteiger partial charge in [-0.2, -0.15) is 0 Å². The molecule has 0 saturated carbocycles. The van der Waals surface area contributed by atoms with Gasteiger partial charge in [0, 0.05) is 12.1 Å². The summed E-state index contributed by atoms with van der Waals surface area (Å²) in [4.78, 5) is 0.0488. The lowest BCUT2D eigenvalue weighted by atomic mass is 10.2. The summed E-state index contributed by atoms with van der Waals surface area (Å²) in [5.41, 5.74) is 11.5. The number of sulfone groups is 1. The van der Waals surface area contributed by atoms with E-state index >= 15 is 0 Å². The van der Waals surface area contributed by atoms with Crippen LogP contribution in [0.15, 0.2) is 53.4 Å². The Hall–Kier alpha value is -2.38. The molecular formula is C15H17N3O3S. The van der Waals surface area contributed by atoms with Gasteiger partial charge in [-0.05, 0) is 24.3 Å². The van der Waals surface area contributed by atoms with Crippen LogP contribution in [-0.2, 0) is 9.84 Å². The van der Waals surface area contributed by atoms with Crippen molar-refractivity contribution in [3.8, 4) is 5.75 Å². The highest BCUT2D eigenvalue weighted by Crippen LogP contribution is 2.28. The maximum Gasteiger partial charge on any atom is 0.223 e. The van der Waals surface area contributed by atoms with E-state index in [-0.39, 0.29) is 22.8 Å². The van der Waals surface area contributed by atoms with Gasteiger partial charge in [0.15, 0.2) is 5.04 Å². The summed E-state index contributed by atoms with van der Waals surface area (Å²) in [5.74, 6) is 0.316. The number of nitrogens with one attached hydrogen (secondary N) is 1. The summed E-state index contributed by atoms with van der Waals surface area (Å²) < 4.78 is 30.3. The molecule has 0 aromatic heterocycles. The molecule has 2 rings (SSSR count). The first-order valence-electron chi connectivity index (χ1n) is 6.59. The Bertz CT molecular complexity index is 774. The van der Waals surface area contributed by atoms with Gasteiger partial charge >= 0.3 is 0 Å². The summed E-state index contributed by atoms with van der Waals surface area (Å²) in [5, 5.41) is 7.48. The van der Waals surface area contributed by atoms with Crippen LogP contribution in [0.2, 0.25) is 0 Å².